The zero-order valence-corrected chi connectivity index (χ0v) is 15.3. The predicted octanol–water partition coefficient (Wildman–Crippen LogP) is 3.36. The summed E-state index contributed by atoms with van der Waals surface area (Å²) in [6.07, 6.45) is 0.898. The minimum Gasteiger partial charge on any atom is -0.494 e. The van der Waals surface area contributed by atoms with Crippen molar-refractivity contribution >= 4 is 11.9 Å². The molecular weight excluding hydrogens is 330 g/mol. The molecule has 1 amide bonds. The lowest BCUT2D eigenvalue weighted by Gasteiger charge is -2.21. The summed E-state index contributed by atoms with van der Waals surface area (Å²) in [5, 5.41) is 0. The standard InChI is InChI=1S/C21H25NO4/c1-17-10-12-19(13-11-17)26-14-6-9-20(23)22(16-21(24)25-2)15-18-7-4-3-5-8-18/h3-5,7-8,10-13H,6,9,14-16H2,1-2H3. The summed E-state index contributed by atoms with van der Waals surface area (Å²) in [5.41, 5.74) is 2.15. The molecule has 0 saturated heterocycles. The fourth-order valence-corrected chi connectivity index (χ4v) is 2.46. The number of benzene rings is 2. The molecule has 2 aromatic rings. The van der Waals surface area contributed by atoms with E-state index in [0.717, 1.165) is 11.3 Å². The number of nitrogens with zero attached hydrogens (tertiary/aromatic N) is 1. The maximum Gasteiger partial charge on any atom is 0.325 e. The molecule has 26 heavy (non-hydrogen) atoms. The van der Waals surface area contributed by atoms with E-state index in [-0.39, 0.29) is 12.5 Å². The third-order valence-electron chi connectivity index (χ3n) is 3.94. The number of hydrogen-bond donors (Lipinski definition) is 0. The predicted molar refractivity (Wildman–Crippen MR) is 99.8 cm³/mol. The molecule has 0 unspecified atom stereocenters. The minimum atomic E-state index is -0.426. The first-order valence-corrected chi connectivity index (χ1v) is 8.66. The number of hydrogen-bond acceptors (Lipinski definition) is 4. The van der Waals surface area contributed by atoms with Gasteiger partial charge in [-0.05, 0) is 31.0 Å². The summed E-state index contributed by atoms with van der Waals surface area (Å²) >= 11 is 0. The Balaban J connectivity index is 1.84. The molecule has 0 aliphatic carbocycles. The molecule has 0 fully saturated rings. The van der Waals surface area contributed by atoms with E-state index in [4.69, 9.17) is 9.47 Å². The number of esters is 1. The third-order valence-corrected chi connectivity index (χ3v) is 3.94. The molecule has 0 N–H and O–H groups in total. The van der Waals surface area contributed by atoms with Crippen molar-refractivity contribution in [2.24, 2.45) is 0 Å². The lowest BCUT2D eigenvalue weighted by molar-refractivity contribution is -0.147. The summed E-state index contributed by atoms with van der Waals surface area (Å²) in [6, 6.07) is 17.4. The lowest BCUT2D eigenvalue weighted by atomic mass is 10.2. The first kappa shape index (κ1) is 19.5. The van der Waals surface area contributed by atoms with Gasteiger partial charge in [0.1, 0.15) is 12.3 Å². The minimum absolute atomic E-state index is 0.0525. The van der Waals surface area contributed by atoms with Crippen LogP contribution < -0.4 is 4.74 Å². The summed E-state index contributed by atoms with van der Waals surface area (Å²) in [5.74, 6) is 0.274. The van der Waals surface area contributed by atoms with Gasteiger partial charge in [0.05, 0.1) is 13.7 Å². The highest BCUT2D eigenvalue weighted by Crippen LogP contribution is 2.12. The van der Waals surface area contributed by atoms with Crippen LogP contribution >= 0.6 is 0 Å². The number of amides is 1. The van der Waals surface area contributed by atoms with Gasteiger partial charge >= 0.3 is 5.97 Å². The molecule has 5 heteroatoms. The van der Waals surface area contributed by atoms with Crippen molar-refractivity contribution < 1.29 is 19.1 Å². The van der Waals surface area contributed by atoms with E-state index in [0.29, 0.717) is 26.0 Å². The van der Waals surface area contributed by atoms with Crippen LogP contribution in [-0.2, 0) is 20.9 Å². The number of carbonyl (C=O) groups is 2. The van der Waals surface area contributed by atoms with E-state index < -0.39 is 5.97 Å². The molecule has 2 rings (SSSR count). The Morgan fingerprint density at radius 2 is 1.69 bits per heavy atom. The van der Waals surface area contributed by atoms with E-state index in [2.05, 4.69) is 0 Å². The van der Waals surface area contributed by atoms with Crippen LogP contribution in [0.3, 0.4) is 0 Å². The molecule has 0 spiro atoms. The van der Waals surface area contributed by atoms with Crippen molar-refractivity contribution in [1.82, 2.24) is 4.90 Å². The van der Waals surface area contributed by atoms with Crippen molar-refractivity contribution in [3.63, 3.8) is 0 Å². The van der Waals surface area contributed by atoms with Crippen LogP contribution in [0.5, 0.6) is 5.75 Å². The average Bonchev–Trinajstić information content (AvgIpc) is 2.66. The van der Waals surface area contributed by atoms with Crippen molar-refractivity contribution in [3.8, 4) is 5.75 Å². The smallest absolute Gasteiger partial charge is 0.325 e. The Morgan fingerprint density at radius 1 is 1.00 bits per heavy atom. The van der Waals surface area contributed by atoms with E-state index in [9.17, 15) is 9.59 Å². The Bertz CT molecular complexity index is 698. The molecule has 0 radical (unpaired) electrons. The van der Waals surface area contributed by atoms with Gasteiger partial charge in [0.25, 0.3) is 0 Å². The Morgan fingerprint density at radius 3 is 2.35 bits per heavy atom. The average molecular weight is 355 g/mol. The quantitative estimate of drug-likeness (QED) is 0.511. The van der Waals surface area contributed by atoms with Crippen LogP contribution in [0.15, 0.2) is 54.6 Å². The van der Waals surface area contributed by atoms with Crippen molar-refractivity contribution in [1.29, 1.82) is 0 Å². The molecule has 5 nitrogen and oxygen atoms in total. The second-order valence-electron chi connectivity index (χ2n) is 6.08. The molecule has 0 heterocycles. The van der Waals surface area contributed by atoms with Gasteiger partial charge in [-0.2, -0.15) is 0 Å². The van der Waals surface area contributed by atoms with Gasteiger partial charge in [-0.25, -0.2) is 0 Å². The monoisotopic (exact) mass is 355 g/mol. The second kappa shape index (κ2) is 10.2. The number of ether oxygens (including phenoxy) is 2. The van der Waals surface area contributed by atoms with Gasteiger partial charge in [0.15, 0.2) is 0 Å². The normalized spacial score (nSPS) is 10.2. The Hall–Kier alpha value is -2.82. The molecule has 0 atom stereocenters. The van der Waals surface area contributed by atoms with Crippen LogP contribution in [0.4, 0.5) is 0 Å². The first-order chi connectivity index (χ1) is 12.6. The first-order valence-electron chi connectivity index (χ1n) is 8.66. The second-order valence-corrected chi connectivity index (χ2v) is 6.08. The van der Waals surface area contributed by atoms with Crippen LogP contribution in [-0.4, -0.2) is 37.0 Å². The zero-order valence-electron chi connectivity index (χ0n) is 15.3. The topological polar surface area (TPSA) is 55.8 Å². The number of methoxy groups -OCH3 is 1. The summed E-state index contributed by atoms with van der Waals surface area (Å²) in [6.45, 7) is 2.80. The lowest BCUT2D eigenvalue weighted by Crippen LogP contribution is -2.35. The fourth-order valence-electron chi connectivity index (χ4n) is 2.46. The van der Waals surface area contributed by atoms with Crippen LogP contribution in [0.1, 0.15) is 24.0 Å². The summed E-state index contributed by atoms with van der Waals surface area (Å²) in [7, 11) is 1.32. The van der Waals surface area contributed by atoms with E-state index in [1.807, 2.05) is 61.5 Å². The SMILES string of the molecule is COC(=O)CN(Cc1ccccc1)C(=O)CCCOc1ccc(C)cc1. The molecule has 138 valence electrons. The maximum absolute atomic E-state index is 12.5. The molecule has 0 aliphatic rings. The summed E-state index contributed by atoms with van der Waals surface area (Å²) < 4.78 is 10.4. The molecule has 0 aliphatic heterocycles. The van der Waals surface area contributed by atoms with Gasteiger partial charge in [0, 0.05) is 13.0 Å². The summed E-state index contributed by atoms with van der Waals surface area (Å²) in [4.78, 5) is 25.7. The highest BCUT2D eigenvalue weighted by Gasteiger charge is 2.17. The largest absolute Gasteiger partial charge is 0.494 e. The van der Waals surface area contributed by atoms with Gasteiger partial charge < -0.3 is 14.4 Å². The van der Waals surface area contributed by atoms with Gasteiger partial charge in [-0.15, -0.1) is 0 Å². The number of rotatable bonds is 9. The molecule has 0 aromatic heterocycles. The van der Waals surface area contributed by atoms with Gasteiger partial charge in [-0.1, -0.05) is 48.0 Å². The molecule has 2 aromatic carbocycles. The van der Waals surface area contributed by atoms with Gasteiger partial charge in [0.2, 0.25) is 5.91 Å². The Kier molecular flexibility index (Phi) is 7.68. The molecule has 0 saturated carbocycles. The highest BCUT2D eigenvalue weighted by molar-refractivity contribution is 5.82. The number of aryl methyl sites for hydroxylation is 1. The number of carbonyl (C=O) groups excluding carboxylic acids is 2. The molecule has 0 bridgehead atoms. The van der Waals surface area contributed by atoms with Crippen molar-refractivity contribution in [2.75, 3.05) is 20.3 Å². The van der Waals surface area contributed by atoms with E-state index >= 15 is 0 Å². The maximum atomic E-state index is 12.5. The van der Waals surface area contributed by atoms with Gasteiger partial charge in [-0.3, -0.25) is 9.59 Å². The zero-order chi connectivity index (χ0) is 18.8. The van der Waals surface area contributed by atoms with E-state index in [1.54, 1.807) is 0 Å². The fraction of sp³-hybridized carbons (Fsp3) is 0.333. The van der Waals surface area contributed by atoms with Crippen LogP contribution in [0.25, 0.3) is 0 Å². The third kappa shape index (κ3) is 6.59. The highest BCUT2D eigenvalue weighted by atomic mass is 16.5. The van der Waals surface area contributed by atoms with Crippen molar-refractivity contribution in [2.45, 2.75) is 26.3 Å². The van der Waals surface area contributed by atoms with E-state index in [1.165, 1.54) is 17.6 Å². The van der Waals surface area contributed by atoms with Crippen LogP contribution in [0, 0.1) is 6.92 Å². The van der Waals surface area contributed by atoms with Crippen molar-refractivity contribution in [3.05, 3.63) is 65.7 Å². The Labute approximate surface area is 154 Å². The molecular formula is C21H25NO4. The van der Waals surface area contributed by atoms with Crippen LogP contribution in [0.2, 0.25) is 0 Å².